The Labute approximate surface area is 150 Å². The largest absolute Gasteiger partial charge is 0.335 e. The molecule has 1 aliphatic heterocycles. The van der Waals surface area contributed by atoms with Crippen LogP contribution >= 0.6 is 0 Å². The fourth-order valence-corrected chi connectivity index (χ4v) is 3.60. The molecule has 0 aliphatic carbocycles. The van der Waals surface area contributed by atoms with Gasteiger partial charge in [-0.15, -0.1) is 0 Å². The quantitative estimate of drug-likeness (QED) is 0.839. The zero-order chi connectivity index (χ0) is 17.8. The molecule has 1 saturated heterocycles. The van der Waals surface area contributed by atoms with Gasteiger partial charge in [0.05, 0.1) is 18.2 Å². The second kappa shape index (κ2) is 7.79. The monoisotopic (exact) mass is 337 g/mol. The highest BCUT2D eigenvalue weighted by Gasteiger charge is 2.30. The molecule has 0 N–H and O–H groups in total. The topological polar surface area (TPSA) is 36.4 Å². The molecule has 2 heterocycles. The van der Waals surface area contributed by atoms with Gasteiger partial charge in [-0.2, -0.15) is 0 Å². The first-order valence-electron chi connectivity index (χ1n) is 8.98. The van der Waals surface area contributed by atoms with E-state index in [1.807, 2.05) is 32.4 Å². The SMILES string of the molecule is Cc1ccccc1CC(=O)N1CCC[C@@H]1c1ccnc(CN(C)C)c1. The molecule has 3 rings (SSSR count). The third-order valence-electron chi connectivity index (χ3n) is 4.88. The summed E-state index contributed by atoms with van der Waals surface area (Å²) >= 11 is 0. The average molecular weight is 337 g/mol. The number of hydrogen-bond acceptors (Lipinski definition) is 3. The van der Waals surface area contributed by atoms with Gasteiger partial charge in [0, 0.05) is 19.3 Å². The zero-order valence-electron chi connectivity index (χ0n) is 15.4. The van der Waals surface area contributed by atoms with Crippen molar-refractivity contribution in [3.8, 4) is 0 Å². The van der Waals surface area contributed by atoms with Gasteiger partial charge >= 0.3 is 0 Å². The minimum atomic E-state index is 0.181. The van der Waals surface area contributed by atoms with Crippen LogP contribution in [0, 0.1) is 6.92 Å². The van der Waals surface area contributed by atoms with E-state index in [1.54, 1.807) is 0 Å². The molecule has 1 amide bonds. The number of pyridine rings is 1. The molecule has 1 atom stereocenters. The van der Waals surface area contributed by atoms with Gasteiger partial charge in [-0.25, -0.2) is 0 Å². The van der Waals surface area contributed by atoms with Gasteiger partial charge in [-0.1, -0.05) is 24.3 Å². The highest BCUT2D eigenvalue weighted by molar-refractivity contribution is 5.80. The smallest absolute Gasteiger partial charge is 0.227 e. The molecule has 1 aromatic carbocycles. The molecule has 1 aromatic heterocycles. The van der Waals surface area contributed by atoms with Crippen LogP contribution in [0.5, 0.6) is 0 Å². The fraction of sp³-hybridized carbons (Fsp3) is 0.429. The molecule has 0 saturated carbocycles. The minimum absolute atomic E-state index is 0.181. The number of rotatable bonds is 5. The van der Waals surface area contributed by atoms with E-state index in [1.165, 1.54) is 11.1 Å². The summed E-state index contributed by atoms with van der Waals surface area (Å²) in [5, 5.41) is 0. The van der Waals surface area contributed by atoms with E-state index in [4.69, 9.17) is 0 Å². The van der Waals surface area contributed by atoms with Crippen molar-refractivity contribution in [2.75, 3.05) is 20.6 Å². The molecule has 1 fully saturated rings. The van der Waals surface area contributed by atoms with Crippen molar-refractivity contribution in [2.45, 2.75) is 38.8 Å². The number of aromatic nitrogens is 1. The Morgan fingerprint density at radius 2 is 2.08 bits per heavy atom. The molecule has 1 aliphatic rings. The summed E-state index contributed by atoms with van der Waals surface area (Å²) in [6, 6.07) is 12.5. The van der Waals surface area contributed by atoms with E-state index >= 15 is 0 Å². The van der Waals surface area contributed by atoms with Crippen molar-refractivity contribution in [2.24, 2.45) is 0 Å². The normalized spacial score (nSPS) is 17.3. The van der Waals surface area contributed by atoms with Crippen molar-refractivity contribution < 1.29 is 4.79 Å². The maximum absolute atomic E-state index is 12.9. The Hall–Kier alpha value is -2.20. The van der Waals surface area contributed by atoms with E-state index < -0.39 is 0 Å². The lowest BCUT2D eigenvalue weighted by Crippen LogP contribution is -2.32. The molecule has 4 nitrogen and oxygen atoms in total. The number of nitrogens with zero attached hydrogens (tertiary/aromatic N) is 3. The Kier molecular flexibility index (Phi) is 5.49. The summed E-state index contributed by atoms with van der Waals surface area (Å²) < 4.78 is 0. The molecular weight excluding hydrogens is 310 g/mol. The minimum Gasteiger partial charge on any atom is -0.335 e. The van der Waals surface area contributed by atoms with Crippen molar-refractivity contribution in [3.05, 3.63) is 65.0 Å². The van der Waals surface area contributed by atoms with Crippen molar-refractivity contribution >= 4 is 5.91 Å². The number of likely N-dealkylation sites (tertiary alicyclic amines) is 1. The molecule has 0 bridgehead atoms. The summed E-state index contributed by atoms with van der Waals surface area (Å²) in [6.07, 6.45) is 4.45. The third kappa shape index (κ3) is 4.26. The molecule has 0 unspecified atom stereocenters. The van der Waals surface area contributed by atoms with Crippen LogP contribution in [0.3, 0.4) is 0 Å². The molecule has 0 radical (unpaired) electrons. The van der Waals surface area contributed by atoms with Crippen molar-refractivity contribution in [1.82, 2.24) is 14.8 Å². The van der Waals surface area contributed by atoms with Crippen molar-refractivity contribution in [3.63, 3.8) is 0 Å². The van der Waals surface area contributed by atoms with E-state index in [-0.39, 0.29) is 11.9 Å². The van der Waals surface area contributed by atoms with E-state index in [0.29, 0.717) is 6.42 Å². The van der Waals surface area contributed by atoms with Crippen LogP contribution in [0.1, 0.15) is 41.3 Å². The molecule has 0 spiro atoms. The average Bonchev–Trinajstić information content (AvgIpc) is 3.06. The summed E-state index contributed by atoms with van der Waals surface area (Å²) in [4.78, 5) is 21.5. The van der Waals surface area contributed by atoms with Crippen molar-refractivity contribution in [1.29, 1.82) is 0 Å². The molecule has 2 aromatic rings. The van der Waals surface area contributed by atoms with Gasteiger partial charge in [0.1, 0.15) is 0 Å². The Bertz CT molecular complexity index is 741. The van der Waals surface area contributed by atoms with Crippen LogP contribution in [0.2, 0.25) is 0 Å². The van der Waals surface area contributed by atoms with Crippen LogP contribution < -0.4 is 0 Å². The maximum atomic E-state index is 12.9. The number of carbonyl (C=O) groups excluding carboxylic acids is 1. The van der Waals surface area contributed by atoms with Crippen LogP contribution in [-0.2, 0) is 17.8 Å². The highest BCUT2D eigenvalue weighted by Crippen LogP contribution is 2.32. The summed E-state index contributed by atoms with van der Waals surface area (Å²) in [6.45, 7) is 3.74. The lowest BCUT2D eigenvalue weighted by Gasteiger charge is -2.26. The van der Waals surface area contributed by atoms with Gasteiger partial charge in [0.15, 0.2) is 0 Å². The van der Waals surface area contributed by atoms with Crippen LogP contribution in [0.25, 0.3) is 0 Å². The van der Waals surface area contributed by atoms with Gasteiger partial charge in [0.25, 0.3) is 0 Å². The third-order valence-corrected chi connectivity index (χ3v) is 4.88. The second-order valence-corrected chi connectivity index (χ2v) is 7.17. The van der Waals surface area contributed by atoms with E-state index in [2.05, 4.69) is 46.0 Å². The molecule has 25 heavy (non-hydrogen) atoms. The van der Waals surface area contributed by atoms with E-state index in [0.717, 1.165) is 37.2 Å². The second-order valence-electron chi connectivity index (χ2n) is 7.17. The molecular formula is C21H27N3O. The number of benzene rings is 1. The zero-order valence-corrected chi connectivity index (χ0v) is 15.4. The number of carbonyl (C=O) groups is 1. The first-order chi connectivity index (χ1) is 12.0. The van der Waals surface area contributed by atoms with Gasteiger partial charge < -0.3 is 9.80 Å². The molecule has 132 valence electrons. The van der Waals surface area contributed by atoms with Crippen LogP contribution in [0.4, 0.5) is 0 Å². The van der Waals surface area contributed by atoms with E-state index in [9.17, 15) is 4.79 Å². The van der Waals surface area contributed by atoms with Gasteiger partial charge in [-0.05, 0) is 62.7 Å². The predicted octanol–water partition coefficient (Wildman–Crippen LogP) is 3.36. The Morgan fingerprint density at radius 3 is 2.84 bits per heavy atom. The van der Waals surface area contributed by atoms with Crippen LogP contribution in [0.15, 0.2) is 42.6 Å². The van der Waals surface area contributed by atoms with Crippen LogP contribution in [-0.4, -0.2) is 41.3 Å². The highest BCUT2D eigenvalue weighted by atomic mass is 16.2. The summed E-state index contributed by atoms with van der Waals surface area (Å²) in [5.74, 6) is 0.225. The fourth-order valence-electron chi connectivity index (χ4n) is 3.60. The number of amides is 1. The summed E-state index contributed by atoms with van der Waals surface area (Å²) in [5.41, 5.74) is 4.58. The number of hydrogen-bond donors (Lipinski definition) is 0. The lowest BCUT2D eigenvalue weighted by atomic mass is 10.0. The van der Waals surface area contributed by atoms with Gasteiger partial charge in [-0.3, -0.25) is 9.78 Å². The first kappa shape index (κ1) is 17.6. The summed E-state index contributed by atoms with van der Waals surface area (Å²) in [7, 11) is 4.09. The Morgan fingerprint density at radius 1 is 1.28 bits per heavy atom. The lowest BCUT2D eigenvalue weighted by molar-refractivity contribution is -0.131. The standard InChI is InChI=1S/C21H27N3O/c1-16-7-4-5-8-17(16)14-21(25)24-12-6-9-20(24)18-10-11-22-19(13-18)15-23(2)3/h4-5,7-8,10-11,13,20H,6,9,12,14-15H2,1-3H3/t20-/m1/s1. The Balaban J connectivity index is 1.76. The predicted molar refractivity (Wildman–Crippen MR) is 100 cm³/mol. The van der Waals surface area contributed by atoms with Gasteiger partial charge in [0.2, 0.25) is 5.91 Å². The maximum Gasteiger partial charge on any atom is 0.227 e. The first-order valence-corrected chi connectivity index (χ1v) is 8.98. The molecule has 4 heteroatoms. The number of aryl methyl sites for hydroxylation is 1.